The molecule has 7 nitrogen and oxygen atoms in total. The number of fused-ring (bicyclic) bond motifs is 1. The zero-order chi connectivity index (χ0) is 26.3. The Balaban J connectivity index is 1.78. The summed E-state index contributed by atoms with van der Waals surface area (Å²) in [5.74, 6) is -5.57. The van der Waals surface area contributed by atoms with Gasteiger partial charge in [-0.05, 0) is 17.7 Å². The number of aromatic nitrogens is 2. The van der Waals surface area contributed by atoms with E-state index in [1.165, 1.54) is 30.5 Å². The number of carbonyl (C=O) groups excluding carboxylic acids is 2. The van der Waals surface area contributed by atoms with Gasteiger partial charge in [0, 0.05) is 35.1 Å². The monoisotopic (exact) mass is 516 g/mol. The van der Waals surface area contributed by atoms with Crippen LogP contribution in [0.3, 0.4) is 0 Å². The molecule has 2 heterocycles. The first-order chi connectivity index (χ1) is 16.8. The summed E-state index contributed by atoms with van der Waals surface area (Å²) in [4.78, 5) is 26.9. The van der Waals surface area contributed by atoms with E-state index in [9.17, 15) is 40.3 Å². The third kappa shape index (κ3) is 5.42. The topological polar surface area (TPSA) is 87.3 Å². The third-order valence-corrected chi connectivity index (χ3v) is 5.30. The second-order valence-electron chi connectivity index (χ2n) is 7.80. The summed E-state index contributed by atoms with van der Waals surface area (Å²) in [6.45, 7) is -1.69. The van der Waals surface area contributed by atoms with Gasteiger partial charge in [0.25, 0.3) is 5.91 Å². The molecule has 0 bridgehead atoms. The molecule has 0 fully saturated rings. The summed E-state index contributed by atoms with van der Waals surface area (Å²) in [5, 5.41) is 8.35. The lowest BCUT2D eigenvalue weighted by molar-refractivity contribution is -0.274. The number of rotatable bonds is 5. The average Bonchev–Trinajstić information content (AvgIpc) is 3.27. The molecule has 1 aliphatic rings. The Hall–Kier alpha value is -4.10. The highest BCUT2D eigenvalue weighted by atomic mass is 19.4. The molecule has 1 aliphatic heterocycles. The largest absolute Gasteiger partial charge is 0.573 e. The molecule has 2 atom stereocenters. The minimum absolute atomic E-state index is 0.0718. The smallest absolute Gasteiger partial charge is 0.406 e. The number of nitrogens with one attached hydrogen (secondary N) is 2. The number of H-pyrrole nitrogens is 1. The molecule has 2 amide bonds. The molecule has 4 rings (SSSR count). The van der Waals surface area contributed by atoms with Gasteiger partial charge in [0.2, 0.25) is 5.91 Å². The fourth-order valence-electron chi connectivity index (χ4n) is 4.08. The Kier molecular flexibility index (Phi) is 6.37. The van der Waals surface area contributed by atoms with Crippen LogP contribution in [-0.4, -0.2) is 46.0 Å². The zero-order valence-electron chi connectivity index (χ0n) is 17.8. The Morgan fingerprint density at radius 2 is 1.83 bits per heavy atom. The number of halogens is 7. The first kappa shape index (κ1) is 25.0. The van der Waals surface area contributed by atoms with Gasteiger partial charge in [0.05, 0.1) is 18.2 Å². The standard InChI is InChI=1S/C22H15F7N4O3/c23-12-5-13(7-14(6-12)36-22(27,28)29)32-19(34)17-15-3-1-2-4-16(15)20(35)33(10-21(24,25)26)18(17)11-8-30-31-9-11/h1-9,17-18H,10H2,(H,30,31)(H,32,34). The first-order valence-electron chi connectivity index (χ1n) is 10.1. The second kappa shape index (κ2) is 9.17. The van der Waals surface area contributed by atoms with Crippen LogP contribution in [0.15, 0.2) is 54.9 Å². The maximum Gasteiger partial charge on any atom is 0.573 e. The van der Waals surface area contributed by atoms with Gasteiger partial charge in [-0.3, -0.25) is 14.7 Å². The number of ether oxygens (including phenoxy) is 1. The van der Waals surface area contributed by atoms with Crippen LogP contribution in [0.4, 0.5) is 36.4 Å². The van der Waals surface area contributed by atoms with Crippen LogP contribution >= 0.6 is 0 Å². The predicted molar refractivity (Wildman–Crippen MR) is 109 cm³/mol. The molecule has 14 heteroatoms. The average molecular weight is 516 g/mol. The maximum atomic E-state index is 13.9. The highest BCUT2D eigenvalue weighted by Gasteiger charge is 2.48. The van der Waals surface area contributed by atoms with Crippen LogP contribution in [0.5, 0.6) is 5.75 Å². The van der Waals surface area contributed by atoms with Gasteiger partial charge in [-0.25, -0.2) is 4.39 Å². The van der Waals surface area contributed by atoms with E-state index in [4.69, 9.17) is 0 Å². The van der Waals surface area contributed by atoms with E-state index in [2.05, 4.69) is 20.3 Å². The quantitative estimate of drug-likeness (QED) is 0.471. The lowest BCUT2D eigenvalue weighted by Gasteiger charge is -2.41. The highest BCUT2D eigenvalue weighted by Crippen LogP contribution is 2.44. The molecule has 0 spiro atoms. The lowest BCUT2D eigenvalue weighted by atomic mass is 9.79. The number of carbonyl (C=O) groups is 2. The minimum atomic E-state index is -5.14. The highest BCUT2D eigenvalue weighted by molar-refractivity contribution is 6.04. The minimum Gasteiger partial charge on any atom is -0.406 e. The van der Waals surface area contributed by atoms with Crippen molar-refractivity contribution in [2.75, 3.05) is 11.9 Å². The van der Waals surface area contributed by atoms with E-state index in [0.29, 0.717) is 23.1 Å². The zero-order valence-corrected chi connectivity index (χ0v) is 17.8. The molecule has 190 valence electrons. The van der Waals surface area contributed by atoms with Gasteiger partial charge in [-0.2, -0.15) is 18.3 Å². The van der Waals surface area contributed by atoms with E-state index in [-0.39, 0.29) is 16.7 Å². The van der Waals surface area contributed by atoms with Gasteiger partial charge in [-0.15, -0.1) is 13.2 Å². The molecule has 0 radical (unpaired) electrons. The molecule has 3 aromatic rings. The Morgan fingerprint density at radius 1 is 1.11 bits per heavy atom. The van der Waals surface area contributed by atoms with Crippen LogP contribution in [0, 0.1) is 5.82 Å². The first-order valence-corrected chi connectivity index (χ1v) is 10.1. The van der Waals surface area contributed by atoms with Crippen molar-refractivity contribution < 1.29 is 45.1 Å². The summed E-state index contributed by atoms with van der Waals surface area (Å²) in [7, 11) is 0. The number of nitrogens with zero attached hydrogens (tertiary/aromatic N) is 2. The Bertz CT molecular complexity index is 1280. The fourth-order valence-corrected chi connectivity index (χ4v) is 4.08. The van der Waals surface area contributed by atoms with Gasteiger partial charge in [0.1, 0.15) is 18.1 Å². The molecule has 0 saturated heterocycles. The molecule has 0 saturated carbocycles. The van der Waals surface area contributed by atoms with Crippen LogP contribution in [0.1, 0.15) is 33.4 Å². The van der Waals surface area contributed by atoms with Crippen molar-refractivity contribution in [3.8, 4) is 5.75 Å². The Labute approximate surface area is 197 Å². The van der Waals surface area contributed by atoms with Crippen molar-refractivity contribution in [3.63, 3.8) is 0 Å². The molecule has 2 unspecified atom stereocenters. The van der Waals surface area contributed by atoms with Gasteiger partial charge < -0.3 is 15.0 Å². The molecule has 0 aliphatic carbocycles. The van der Waals surface area contributed by atoms with Gasteiger partial charge in [-0.1, -0.05) is 18.2 Å². The maximum absolute atomic E-state index is 13.9. The summed E-state index contributed by atoms with van der Waals surface area (Å²) in [6.07, 6.45) is -7.60. The number of anilines is 1. The van der Waals surface area contributed by atoms with Crippen molar-refractivity contribution in [1.29, 1.82) is 0 Å². The molecule has 36 heavy (non-hydrogen) atoms. The van der Waals surface area contributed by atoms with Crippen LogP contribution in [0.2, 0.25) is 0 Å². The van der Waals surface area contributed by atoms with E-state index < -0.39 is 60.1 Å². The number of aromatic amines is 1. The molecule has 2 N–H and O–H groups in total. The van der Waals surface area contributed by atoms with E-state index in [1.54, 1.807) is 0 Å². The van der Waals surface area contributed by atoms with Crippen LogP contribution in [-0.2, 0) is 4.79 Å². The number of hydrogen-bond acceptors (Lipinski definition) is 4. The van der Waals surface area contributed by atoms with Crippen molar-refractivity contribution in [2.45, 2.75) is 24.5 Å². The van der Waals surface area contributed by atoms with E-state index >= 15 is 0 Å². The summed E-state index contributed by atoms with van der Waals surface area (Å²) < 4.78 is 95.7. The van der Waals surface area contributed by atoms with E-state index in [0.717, 1.165) is 6.20 Å². The van der Waals surface area contributed by atoms with Crippen LogP contribution < -0.4 is 10.1 Å². The molecular formula is C22H15F7N4O3. The summed E-state index contributed by atoms with van der Waals surface area (Å²) in [5.41, 5.74) is -0.459. The van der Waals surface area contributed by atoms with Crippen molar-refractivity contribution in [2.24, 2.45) is 0 Å². The number of alkyl halides is 6. The molecular weight excluding hydrogens is 501 g/mol. The van der Waals surface area contributed by atoms with Crippen LogP contribution in [0.25, 0.3) is 0 Å². The fraction of sp³-hybridized carbons (Fsp3) is 0.227. The van der Waals surface area contributed by atoms with Crippen molar-refractivity contribution in [1.82, 2.24) is 15.1 Å². The van der Waals surface area contributed by atoms with E-state index in [1.807, 2.05) is 0 Å². The lowest BCUT2D eigenvalue weighted by Crippen LogP contribution is -2.49. The summed E-state index contributed by atoms with van der Waals surface area (Å²) in [6, 6.07) is 5.86. The number of amides is 2. The van der Waals surface area contributed by atoms with Gasteiger partial charge >= 0.3 is 12.5 Å². The second-order valence-corrected chi connectivity index (χ2v) is 7.80. The number of benzene rings is 2. The normalized spacial score (nSPS) is 18.1. The molecule has 2 aromatic carbocycles. The van der Waals surface area contributed by atoms with Crippen molar-refractivity contribution in [3.05, 3.63) is 77.4 Å². The summed E-state index contributed by atoms with van der Waals surface area (Å²) >= 11 is 0. The Morgan fingerprint density at radius 3 is 2.47 bits per heavy atom. The third-order valence-electron chi connectivity index (χ3n) is 5.30. The SMILES string of the molecule is O=C(Nc1cc(F)cc(OC(F)(F)F)c1)C1c2ccccc2C(=O)N(CC(F)(F)F)C1c1cn[nH]c1. The van der Waals surface area contributed by atoms with Crippen molar-refractivity contribution >= 4 is 17.5 Å². The molecule has 1 aromatic heterocycles. The van der Waals surface area contributed by atoms with Gasteiger partial charge in [0.15, 0.2) is 0 Å². The number of hydrogen-bond donors (Lipinski definition) is 2. The predicted octanol–water partition coefficient (Wildman–Crippen LogP) is 4.93.